The maximum Gasteiger partial charge on any atom is 0.194 e. The van der Waals surface area contributed by atoms with Crippen LogP contribution >= 0.6 is 0 Å². The van der Waals surface area contributed by atoms with Crippen LogP contribution in [-0.2, 0) is 0 Å². The molecule has 0 unspecified atom stereocenters. The van der Waals surface area contributed by atoms with Gasteiger partial charge in [0.05, 0.1) is 6.61 Å². The molecule has 4 heteroatoms. The molecule has 0 bridgehead atoms. The van der Waals surface area contributed by atoms with Crippen molar-refractivity contribution in [3.63, 3.8) is 0 Å². The molecule has 2 aromatic carbocycles. The second-order valence-electron chi connectivity index (χ2n) is 6.05. The van der Waals surface area contributed by atoms with Crippen LogP contribution in [0.3, 0.4) is 0 Å². The summed E-state index contributed by atoms with van der Waals surface area (Å²) in [6, 6.07) is 11.5. The van der Waals surface area contributed by atoms with Crippen LogP contribution in [0.5, 0.6) is 11.5 Å². The molecule has 132 valence electrons. The van der Waals surface area contributed by atoms with Crippen molar-refractivity contribution in [1.82, 2.24) is 4.90 Å². The van der Waals surface area contributed by atoms with Gasteiger partial charge in [-0.3, -0.25) is 4.79 Å². The number of likely N-dealkylation sites (N-methyl/N-ethyl adjacent to an activating group) is 1. The Hall–Kier alpha value is -2.33. The number of fused-ring (bicyclic) bond motifs is 3. The smallest absolute Gasteiger partial charge is 0.194 e. The molecule has 1 aliphatic carbocycles. The lowest BCUT2D eigenvalue weighted by Crippen LogP contribution is -2.27. The highest BCUT2D eigenvalue weighted by Gasteiger charge is 2.27. The van der Waals surface area contributed by atoms with Crippen LogP contribution in [-0.4, -0.2) is 43.5 Å². The highest BCUT2D eigenvalue weighted by molar-refractivity contribution is 6.22. The minimum atomic E-state index is 0.0424. The zero-order valence-corrected chi connectivity index (χ0v) is 15.2. The predicted molar refractivity (Wildman–Crippen MR) is 99.8 cm³/mol. The maximum atomic E-state index is 12.8. The fourth-order valence-corrected chi connectivity index (χ4v) is 3.22. The van der Waals surface area contributed by atoms with Crippen molar-refractivity contribution < 1.29 is 14.3 Å². The Labute approximate surface area is 149 Å². The Balaban J connectivity index is 1.76. The van der Waals surface area contributed by atoms with Crippen molar-refractivity contribution in [1.29, 1.82) is 0 Å². The van der Waals surface area contributed by atoms with E-state index in [9.17, 15) is 4.79 Å². The van der Waals surface area contributed by atoms with Crippen molar-refractivity contribution in [3.8, 4) is 22.6 Å². The monoisotopic (exact) mass is 339 g/mol. The average molecular weight is 339 g/mol. The van der Waals surface area contributed by atoms with Gasteiger partial charge in [0.25, 0.3) is 0 Å². The third kappa shape index (κ3) is 3.54. The molecule has 0 N–H and O–H groups in total. The standard InChI is InChI=1S/C21H25NO3/c1-4-22(5-2)11-12-25-16-8-10-18-17-9-7-15(24-6-3)13-19(17)21(23)20(18)14-16/h7-10,13-14H,4-6,11-12H2,1-3H3. The summed E-state index contributed by atoms with van der Waals surface area (Å²) in [5, 5.41) is 0. The summed E-state index contributed by atoms with van der Waals surface area (Å²) in [5.74, 6) is 1.52. The van der Waals surface area contributed by atoms with Gasteiger partial charge < -0.3 is 14.4 Å². The fourth-order valence-electron chi connectivity index (χ4n) is 3.22. The third-order valence-corrected chi connectivity index (χ3v) is 4.64. The number of hydrogen-bond acceptors (Lipinski definition) is 4. The average Bonchev–Trinajstić information content (AvgIpc) is 2.91. The number of carbonyl (C=O) groups excluding carboxylic acids is 1. The third-order valence-electron chi connectivity index (χ3n) is 4.64. The van der Waals surface area contributed by atoms with Crippen LogP contribution in [0.1, 0.15) is 36.7 Å². The Morgan fingerprint density at radius 3 is 1.88 bits per heavy atom. The lowest BCUT2D eigenvalue weighted by molar-refractivity contribution is 0.104. The second kappa shape index (κ2) is 7.70. The Kier molecular flexibility index (Phi) is 5.39. The molecule has 0 atom stereocenters. The summed E-state index contributed by atoms with van der Waals surface area (Å²) < 4.78 is 11.4. The van der Waals surface area contributed by atoms with Crippen LogP contribution in [0.25, 0.3) is 11.1 Å². The van der Waals surface area contributed by atoms with Crippen molar-refractivity contribution in [3.05, 3.63) is 47.5 Å². The molecule has 4 nitrogen and oxygen atoms in total. The number of nitrogens with zero attached hydrogens (tertiary/aromatic N) is 1. The Morgan fingerprint density at radius 1 is 0.800 bits per heavy atom. The van der Waals surface area contributed by atoms with Gasteiger partial charge >= 0.3 is 0 Å². The van der Waals surface area contributed by atoms with Gasteiger partial charge in [-0.25, -0.2) is 0 Å². The largest absolute Gasteiger partial charge is 0.494 e. The van der Waals surface area contributed by atoms with Gasteiger partial charge in [-0.05, 0) is 67.5 Å². The van der Waals surface area contributed by atoms with E-state index < -0.39 is 0 Å². The van der Waals surface area contributed by atoms with Crippen molar-refractivity contribution >= 4 is 5.78 Å². The molecule has 1 aliphatic rings. The van der Waals surface area contributed by atoms with E-state index in [1.54, 1.807) is 0 Å². The first kappa shape index (κ1) is 17.5. The van der Waals surface area contributed by atoms with Crippen LogP contribution in [0.15, 0.2) is 36.4 Å². The van der Waals surface area contributed by atoms with Crippen LogP contribution < -0.4 is 9.47 Å². The molecule has 0 saturated heterocycles. The minimum absolute atomic E-state index is 0.0424. The van der Waals surface area contributed by atoms with Crippen LogP contribution in [0, 0.1) is 0 Å². The molecule has 0 heterocycles. The van der Waals surface area contributed by atoms with Gasteiger partial charge in [-0.15, -0.1) is 0 Å². The van der Waals surface area contributed by atoms with E-state index >= 15 is 0 Å². The first-order chi connectivity index (χ1) is 12.2. The molecule has 2 aromatic rings. The lowest BCUT2D eigenvalue weighted by atomic mass is 10.1. The van der Waals surface area contributed by atoms with E-state index in [1.807, 2.05) is 43.3 Å². The zero-order valence-electron chi connectivity index (χ0n) is 15.2. The molecule has 0 spiro atoms. The number of hydrogen-bond donors (Lipinski definition) is 0. The van der Waals surface area contributed by atoms with E-state index in [-0.39, 0.29) is 5.78 Å². The van der Waals surface area contributed by atoms with E-state index in [2.05, 4.69) is 18.7 Å². The summed E-state index contributed by atoms with van der Waals surface area (Å²) >= 11 is 0. The lowest BCUT2D eigenvalue weighted by Gasteiger charge is -2.18. The molecule has 0 amide bonds. The molecule has 0 saturated carbocycles. The Morgan fingerprint density at radius 2 is 1.36 bits per heavy atom. The SMILES string of the molecule is CCOc1ccc2c(c1)C(=O)c1cc(OCCN(CC)CC)ccc1-2. The highest BCUT2D eigenvalue weighted by atomic mass is 16.5. The normalized spacial score (nSPS) is 12.2. The topological polar surface area (TPSA) is 38.8 Å². The summed E-state index contributed by atoms with van der Waals surface area (Å²) in [4.78, 5) is 15.1. The van der Waals surface area contributed by atoms with Gasteiger partial charge in [0.15, 0.2) is 5.78 Å². The zero-order chi connectivity index (χ0) is 17.8. The first-order valence-corrected chi connectivity index (χ1v) is 8.99. The number of benzene rings is 2. The van der Waals surface area contributed by atoms with Gasteiger partial charge in [-0.1, -0.05) is 13.8 Å². The summed E-state index contributed by atoms with van der Waals surface area (Å²) in [6.07, 6.45) is 0. The molecule has 3 rings (SSSR count). The van der Waals surface area contributed by atoms with Crippen LogP contribution in [0.2, 0.25) is 0 Å². The first-order valence-electron chi connectivity index (χ1n) is 8.99. The predicted octanol–water partition coefficient (Wildman–Crippen LogP) is 4.02. The second-order valence-corrected chi connectivity index (χ2v) is 6.05. The molecular formula is C21H25NO3. The Bertz CT molecular complexity index is 766. The number of rotatable bonds is 8. The summed E-state index contributed by atoms with van der Waals surface area (Å²) in [5.41, 5.74) is 3.36. The summed E-state index contributed by atoms with van der Waals surface area (Å²) in [6.45, 7) is 10.3. The minimum Gasteiger partial charge on any atom is -0.494 e. The number of ether oxygens (including phenoxy) is 2. The fraction of sp³-hybridized carbons (Fsp3) is 0.381. The molecule has 0 aromatic heterocycles. The van der Waals surface area contributed by atoms with Crippen molar-refractivity contribution in [2.75, 3.05) is 32.8 Å². The highest BCUT2D eigenvalue weighted by Crippen LogP contribution is 2.39. The molecule has 0 fully saturated rings. The van der Waals surface area contributed by atoms with E-state index in [0.717, 1.165) is 42.3 Å². The van der Waals surface area contributed by atoms with Crippen LogP contribution in [0.4, 0.5) is 0 Å². The number of ketones is 1. The maximum absolute atomic E-state index is 12.8. The van der Waals surface area contributed by atoms with E-state index in [0.29, 0.717) is 24.3 Å². The quantitative estimate of drug-likeness (QED) is 0.621. The molecule has 25 heavy (non-hydrogen) atoms. The van der Waals surface area contributed by atoms with Gasteiger partial charge in [0.1, 0.15) is 18.1 Å². The van der Waals surface area contributed by atoms with Crippen molar-refractivity contribution in [2.45, 2.75) is 20.8 Å². The van der Waals surface area contributed by atoms with Crippen molar-refractivity contribution in [2.24, 2.45) is 0 Å². The number of carbonyl (C=O) groups is 1. The van der Waals surface area contributed by atoms with E-state index in [1.165, 1.54) is 0 Å². The summed E-state index contributed by atoms with van der Waals surface area (Å²) in [7, 11) is 0. The van der Waals surface area contributed by atoms with Gasteiger partial charge in [0.2, 0.25) is 0 Å². The molecular weight excluding hydrogens is 314 g/mol. The molecule has 0 aliphatic heterocycles. The van der Waals surface area contributed by atoms with Gasteiger partial charge in [-0.2, -0.15) is 0 Å². The van der Waals surface area contributed by atoms with Gasteiger partial charge in [0, 0.05) is 17.7 Å². The molecule has 0 radical (unpaired) electrons. The van der Waals surface area contributed by atoms with E-state index in [4.69, 9.17) is 9.47 Å².